The van der Waals surface area contributed by atoms with Crippen LogP contribution in [0.25, 0.3) is 0 Å². The molecule has 0 radical (unpaired) electrons. The van der Waals surface area contributed by atoms with Crippen molar-refractivity contribution in [3.05, 3.63) is 12.2 Å². The number of allylic oxidation sites excluding steroid dienone is 2. The average Bonchev–Trinajstić information content (AvgIpc) is 2.74. The van der Waals surface area contributed by atoms with E-state index in [1.54, 1.807) is 0 Å². The molecule has 3 nitrogen and oxygen atoms in total. The van der Waals surface area contributed by atoms with Crippen molar-refractivity contribution >= 4 is 5.97 Å². The molecule has 2 bridgehead atoms. The molecule has 3 unspecified atom stereocenters. The van der Waals surface area contributed by atoms with Gasteiger partial charge in [0.2, 0.25) is 0 Å². The maximum absolute atomic E-state index is 11.5. The number of fused-ring (bicyclic) bond motifs is 2. The molecule has 3 heteroatoms. The van der Waals surface area contributed by atoms with E-state index in [4.69, 9.17) is 9.47 Å². The van der Waals surface area contributed by atoms with Gasteiger partial charge in [-0.05, 0) is 24.7 Å². The Morgan fingerprint density at radius 2 is 2.31 bits per heavy atom. The molecule has 0 aromatic carbocycles. The van der Waals surface area contributed by atoms with E-state index >= 15 is 0 Å². The predicted molar refractivity (Wildman–Crippen MR) is 46.8 cm³/mol. The van der Waals surface area contributed by atoms with Gasteiger partial charge in [-0.3, -0.25) is 4.79 Å². The molecule has 2 rings (SSSR count). The van der Waals surface area contributed by atoms with Gasteiger partial charge >= 0.3 is 5.97 Å². The highest BCUT2D eigenvalue weighted by molar-refractivity contribution is 5.74. The minimum absolute atomic E-state index is 0.0798. The van der Waals surface area contributed by atoms with Gasteiger partial charge in [0.1, 0.15) is 0 Å². The first kappa shape index (κ1) is 8.75. The van der Waals surface area contributed by atoms with Crippen LogP contribution in [0.5, 0.6) is 0 Å². The summed E-state index contributed by atoms with van der Waals surface area (Å²) >= 11 is 0. The molecule has 0 amide bonds. The van der Waals surface area contributed by atoms with Gasteiger partial charge in [-0.2, -0.15) is 0 Å². The van der Waals surface area contributed by atoms with Crippen molar-refractivity contribution < 1.29 is 14.3 Å². The number of hydrogen-bond acceptors (Lipinski definition) is 3. The highest BCUT2D eigenvalue weighted by Crippen LogP contribution is 2.43. The van der Waals surface area contributed by atoms with Crippen molar-refractivity contribution in [2.75, 3.05) is 13.9 Å². The van der Waals surface area contributed by atoms with E-state index in [9.17, 15) is 4.79 Å². The smallest absolute Gasteiger partial charge is 0.311 e. The summed E-state index contributed by atoms with van der Waals surface area (Å²) in [6.07, 6.45) is 6.45. The van der Waals surface area contributed by atoms with Gasteiger partial charge in [-0.1, -0.05) is 12.2 Å². The lowest BCUT2D eigenvalue weighted by Gasteiger charge is -2.15. The minimum Gasteiger partial charge on any atom is -0.438 e. The predicted octanol–water partition coefficient (Wildman–Crippen LogP) is 1.35. The quantitative estimate of drug-likeness (QED) is 0.375. The van der Waals surface area contributed by atoms with Crippen LogP contribution in [-0.4, -0.2) is 19.9 Å². The lowest BCUT2D eigenvalue weighted by atomic mass is 9.94. The van der Waals surface area contributed by atoms with Gasteiger partial charge in [0.05, 0.1) is 5.92 Å². The molecule has 0 aromatic heterocycles. The largest absolute Gasteiger partial charge is 0.438 e. The fourth-order valence-electron chi connectivity index (χ4n) is 2.28. The Labute approximate surface area is 77.7 Å². The first-order valence-electron chi connectivity index (χ1n) is 4.65. The normalized spacial score (nSPS) is 35.3. The molecule has 1 saturated carbocycles. The molecule has 2 aliphatic carbocycles. The highest BCUT2D eigenvalue weighted by atomic mass is 16.7. The number of ether oxygens (including phenoxy) is 2. The van der Waals surface area contributed by atoms with E-state index in [2.05, 4.69) is 12.2 Å². The van der Waals surface area contributed by atoms with Crippen LogP contribution < -0.4 is 0 Å². The maximum atomic E-state index is 11.5. The maximum Gasteiger partial charge on any atom is 0.311 e. The van der Waals surface area contributed by atoms with E-state index in [0.717, 1.165) is 12.8 Å². The number of esters is 1. The second-order valence-electron chi connectivity index (χ2n) is 3.76. The van der Waals surface area contributed by atoms with Crippen LogP contribution in [0, 0.1) is 17.8 Å². The third kappa shape index (κ3) is 1.61. The second kappa shape index (κ2) is 3.50. The van der Waals surface area contributed by atoms with Gasteiger partial charge < -0.3 is 9.47 Å². The van der Waals surface area contributed by atoms with Crippen molar-refractivity contribution in [2.24, 2.45) is 17.8 Å². The molecule has 0 saturated heterocycles. The van der Waals surface area contributed by atoms with Crippen molar-refractivity contribution in [3.8, 4) is 0 Å². The van der Waals surface area contributed by atoms with E-state index < -0.39 is 0 Å². The van der Waals surface area contributed by atoms with E-state index in [-0.39, 0.29) is 18.7 Å². The fraction of sp³-hybridized carbons (Fsp3) is 0.700. The molecule has 3 atom stereocenters. The number of carbonyl (C=O) groups excluding carboxylic acids is 1. The highest BCUT2D eigenvalue weighted by Gasteiger charge is 2.40. The van der Waals surface area contributed by atoms with E-state index in [1.165, 1.54) is 7.11 Å². The molecular weight excluding hydrogens is 168 g/mol. The summed E-state index contributed by atoms with van der Waals surface area (Å²) in [7, 11) is 1.52. The molecule has 1 fully saturated rings. The molecule has 0 heterocycles. The first-order valence-corrected chi connectivity index (χ1v) is 4.65. The monoisotopic (exact) mass is 182 g/mol. The minimum atomic E-state index is -0.0984. The summed E-state index contributed by atoms with van der Waals surface area (Å²) in [5.74, 6) is 1.03. The van der Waals surface area contributed by atoms with Gasteiger partial charge in [-0.25, -0.2) is 0 Å². The molecular formula is C10H14O3. The van der Waals surface area contributed by atoms with Crippen LogP contribution in [0.15, 0.2) is 12.2 Å². The van der Waals surface area contributed by atoms with Gasteiger partial charge in [0, 0.05) is 7.11 Å². The van der Waals surface area contributed by atoms with Gasteiger partial charge in [0.25, 0.3) is 0 Å². The number of methoxy groups -OCH3 is 1. The van der Waals surface area contributed by atoms with Gasteiger partial charge in [0.15, 0.2) is 6.79 Å². The molecule has 72 valence electrons. The number of carbonyl (C=O) groups is 1. The number of hydrogen-bond donors (Lipinski definition) is 0. The van der Waals surface area contributed by atoms with Crippen LogP contribution >= 0.6 is 0 Å². The summed E-state index contributed by atoms with van der Waals surface area (Å²) in [4.78, 5) is 11.5. The summed E-state index contributed by atoms with van der Waals surface area (Å²) < 4.78 is 9.62. The van der Waals surface area contributed by atoms with Crippen molar-refractivity contribution in [1.29, 1.82) is 0 Å². The lowest BCUT2D eigenvalue weighted by Crippen LogP contribution is -2.22. The van der Waals surface area contributed by atoms with Crippen LogP contribution in [0.4, 0.5) is 0 Å². The van der Waals surface area contributed by atoms with Crippen molar-refractivity contribution in [3.63, 3.8) is 0 Å². The first-order chi connectivity index (χ1) is 6.31. The van der Waals surface area contributed by atoms with E-state index in [0.29, 0.717) is 11.8 Å². The Morgan fingerprint density at radius 1 is 1.46 bits per heavy atom. The summed E-state index contributed by atoms with van der Waals surface area (Å²) in [5, 5.41) is 0. The SMILES string of the molecule is COCOC(=O)C1CC2C=CC1C2. The lowest BCUT2D eigenvalue weighted by molar-refractivity contribution is -0.159. The van der Waals surface area contributed by atoms with Crippen molar-refractivity contribution in [2.45, 2.75) is 12.8 Å². The second-order valence-corrected chi connectivity index (χ2v) is 3.76. The Kier molecular flexibility index (Phi) is 2.36. The topological polar surface area (TPSA) is 35.5 Å². The molecule has 0 N–H and O–H groups in total. The zero-order valence-electron chi connectivity index (χ0n) is 7.73. The van der Waals surface area contributed by atoms with Crippen molar-refractivity contribution in [1.82, 2.24) is 0 Å². The Balaban J connectivity index is 1.88. The standard InChI is InChI=1S/C10H14O3/c1-12-6-13-10(11)9-5-7-2-3-8(9)4-7/h2-3,7-9H,4-6H2,1H3. The third-order valence-corrected chi connectivity index (χ3v) is 2.90. The van der Waals surface area contributed by atoms with Crippen LogP contribution in [-0.2, 0) is 14.3 Å². The van der Waals surface area contributed by atoms with E-state index in [1.807, 2.05) is 0 Å². The van der Waals surface area contributed by atoms with Gasteiger partial charge in [-0.15, -0.1) is 0 Å². The molecule has 0 spiro atoms. The van der Waals surface area contributed by atoms with Crippen LogP contribution in [0.2, 0.25) is 0 Å². The number of rotatable bonds is 3. The average molecular weight is 182 g/mol. The molecule has 0 aliphatic heterocycles. The zero-order valence-corrected chi connectivity index (χ0v) is 7.73. The molecule has 2 aliphatic rings. The fourth-order valence-corrected chi connectivity index (χ4v) is 2.28. The molecule has 0 aromatic rings. The summed E-state index contributed by atoms with van der Waals surface area (Å²) in [5.41, 5.74) is 0. The Bertz CT molecular complexity index is 234. The van der Waals surface area contributed by atoms with Crippen LogP contribution in [0.3, 0.4) is 0 Å². The Morgan fingerprint density at radius 3 is 2.85 bits per heavy atom. The summed E-state index contributed by atoms with van der Waals surface area (Å²) in [6, 6.07) is 0. The Hall–Kier alpha value is -0.830. The third-order valence-electron chi connectivity index (χ3n) is 2.90. The zero-order chi connectivity index (χ0) is 9.26. The van der Waals surface area contributed by atoms with Crippen LogP contribution in [0.1, 0.15) is 12.8 Å². The molecule has 13 heavy (non-hydrogen) atoms. The summed E-state index contributed by atoms with van der Waals surface area (Å²) in [6.45, 7) is 0.0798.